The lowest BCUT2D eigenvalue weighted by Crippen LogP contribution is -2.12. The van der Waals surface area contributed by atoms with E-state index in [2.05, 4.69) is 6.07 Å². The minimum absolute atomic E-state index is 0.0727. The van der Waals surface area contributed by atoms with E-state index in [1.165, 1.54) is 0 Å². The van der Waals surface area contributed by atoms with E-state index in [1.54, 1.807) is 0 Å². The van der Waals surface area contributed by atoms with Crippen molar-refractivity contribution in [2.75, 3.05) is 6.61 Å². The van der Waals surface area contributed by atoms with E-state index < -0.39 is 0 Å². The molecule has 0 saturated heterocycles. The first-order valence-electron chi connectivity index (χ1n) is 5.53. The lowest BCUT2D eigenvalue weighted by molar-refractivity contribution is 0.237. The van der Waals surface area contributed by atoms with Gasteiger partial charge in [-0.25, -0.2) is 0 Å². The first-order chi connectivity index (χ1) is 8.19. The third kappa shape index (κ3) is 3.06. The van der Waals surface area contributed by atoms with Gasteiger partial charge in [0.25, 0.3) is 0 Å². The number of hydrogen-bond acceptors (Lipinski definition) is 2. The van der Waals surface area contributed by atoms with Crippen LogP contribution < -0.4 is 4.74 Å². The Morgan fingerprint density at radius 2 is 2.18 bits per heavy atom. The maximum absolute atomic E-state index is 8.72. The van der Waals surface area contributed by atoms with Crippen LogP contribution in [0, 0.1) is 16.7 Å². The molecule has 1 aromatic carbocycles. The third-order valence-corrected chi connectivity index (χ3v) is 3.70. The summed E-state index contributed by atoms with van der Waals surface area (Å²) in [6, 6.07) is 7.76. The molecule has 90 valence electrons. The zero-order valence-corrected chi connectivity index (χ0v) is 10.9. The number of ether oxygens (including phenoxy) is 1. The first kappa shape index (κ1) is 12.5. The predicted octanol–water partition coefficient (Wildman–Crippen LogP) is 4.15. The number of rotatable bonds is 5. The molecule has 1 aliphatic rings. The van der Waals surface area contributed by atoms with Crippen LogP contribution in [0.3, 0.4) is 0 Å². The molecule has 0 aliphatic heterocycles. The van der Waals surface area contributed by atoms with Gasteiger partial charge in [0.2, 0.25) is 0 Å². The van der Waals surface area contributed by atoms with Crippen LogP contribution >= 0.6 is 23.2 Å². The summed E-state index contributed by atoms with van der Waals surface area (Å²) in [5, 5.41) is 9.30. The molecule has 2 rings (SSSR count). The van der Waals surface area contributed by atoms with Gasteiger partial charge >= 0.3 is 0 Å². The molecule has 0 amide bonds. The zero-order chi connectivity index (χ0) is 12.3. The molecule has 1 fully saturated rings. The standard InChI is InChI=1S/C13H13Cl2NO/c14-8-10-1-2-12(11(15)7-10)17-9-13(3-4-13)5-6-16/h1-2,7H,3-5,8-9H2. The summed E-state index contributed by atoms with van der Waals surface area (Å²) in [4.78, 5) is 0. The molecule has 0 N–H and O–H groups in total. The Morgan fingerprint density at radius 3 is 2.71 bits per heavy atom. The van der Waals surface area contributed by atoms with Gasteiger partial charge in [0.1, 0.15) is 5.75 Å². The van der Waals surface area contributed by atoms with Crippen molar-refractivity contribution in [2.45, 2.75) is 25.1 Å². The highest BCUT2D eigenvalue weighted by Crippen LogP contribution is 2.49. The largest absolute Gasteiger partial charge is 0.491 e. The molecule has 0 radical (unpaired) electrons. The molecule has 0 bridgehead atoms. The molecular weight excluding hydrogens is 257 g/mol. The molecular formula is C13H13Cl2NO. The number of nitriles is 1. The normalized spacial score (nSPS) is 16.3. The molecule has 2 nitrogen and oxygen atoms in total. The van der Waals surface area contributed by atoms with Crippen LogP contribution in [0.5, 0.6) is 5.75 Å². The molecule has 1 aromatic rings. The van der Waals surface area contributed by atoms with Crippen molar-refractivity contribution >= 4 is 23.2 Å². The van der Waals surface area contributed by atoms with E-state index in [9.17, 15) is 0 Å². The highest BCUT2D eigenvalue weighted by atomic mass is 35.5. The van der Waals surface area contributed by atoms with Gasteiger partial charge in [-0.05, 0) is 30.5 Å². The molecule has 0 unspecified atom stereocenters. The summed E-state index contributed by atoms with van der Waals surface area (Å²) in [6.45, 7) is 0.570. The molecule has 0 aromatic heterocycles. The van der Waals surface area contributed by atoms with E-state index in [0.29, 0.717) is 29.7 Å². The van der Waals surface area contributed by atoms with Crippen molar-refractivity contribution in [1.82, 2.24) is 0 Å². The number of nitrogens with zero attached hydrogens (tertiary/aromatic N) is 1. The van der Waals surface area contributed by atoms with Gasteiger partial charge in [0, 0.05) is 17.7 Å². The molecule has 1 aliphatic carbocycles. The Morgan fingerprint density at radius 1 is 1.41 bits per heavy atom. The highest BCUT2D eigenvalue weighted by Gasteiger charge is 2.43. The monoisotopic (exact) mass is 269 g/mol. The Bertz CT molecular complexity index is 449. The molecule has 4 heteroatoms. The molecule has 0 heterocycles. The van der Waals surface area contributed by atoms with Crippen LogP contribution in [0.4, 0.5) is 0 Å². The van der Waals surface area contributed by atoms with Crippen molar-refractivity contribution in [2.24, 2.45) is 5.41 Å². The summed E-state index contributed by atoms with van der Waals surface area (Å²) in [5.74, 6) is 1.11. The molecule has 1 saturated carbocycles. The Labute approximate surface area is 111 Å². The second-order valence-electron chi connectivity index (χ2n) is 4.52. The topological polar surface area (TPSA) is 33.0 Å². The van der Waals surface area contributed by atoms with E-state index in [1.807, 2.05) is 18.2 Å². The van der Waals surface area contributed by atoms with Crippen LogP contribution in [-0.2, 0) is 5.88 Å². The lowest BCUT2D eigenvalue weighted by atomic mass is 10.1. The minimum Gasteiger partial charge on any atom is -0.491 e. The molecule has 17 heavy (non-hydrogen) atoms. The van der Waals surface area contributed by atoms with Crippen LogP contribution in [0.2, 0.25) is 5.02 Å². The van der Waals surface area contributed by atoms with Gasteiger partial charge in [-0.15, -0.1) is 11.6 Å². The number of halogens is 2. The van der Waals surface area contributed by atoms with Gasteiger partial charge in [0.05, 0.1) is 17.7 Å². The van der Waals surface area contributed by atoms with Crippen molar-refractivity contribution < 1.29 is 4.74 Å². The van der Waals surface area contributed by atoms with Crippen molar-refractivity contribution in [3.05, 3.63) is 28.8 Å². The number of hydrogen-bond donors (Lipinski definition) is 0. The first-order valence-corrected chi connectivity index (χ1v) is 6.44. The average molecular weight is 270 g/mol. The maximum Gasteiger partial charge on any atom is 0.137 e. The fourth-order valence-electron chi connectivity index (χ4n) is 1.69. The summed E-state index contributed by atoms with van der Waals surface area (Å²) < 4.78 is 5.69. The van der Waals surface area contributed by atoms with Crippen LogP contribution in [-0.4, -0.2) is 6.61 Å². The second-order valence-corrected chi connectivity index (χ2v) is 5.20. The average Bonchev–Trinajstić information content (AvgIpc) is 3.08. The number of alkyl halides is 1. The quantitative estimate of drug-likeness (QED) is 0.753. The lowest BCUT2D eigenvalue weighted by Gasteiger charge is -2.14. The summed E-state index contributed by atoms with van der Waals surface area (Å²) in [6.07, 6.45) is 2.69. The van der Waals surface area contributed by atoms with Crippen LogP contribution in [0.15, 0.2) is 18.2 Å². The predicted molar refractivity (Wildman–Crippen MR) is 68.4 cm³/mol. The third-order valence-electron chi connectivity index (χ3n) is 3.10. The van der Waals surface area contributed by atoms with Crippen molar-refractivity contribution in [1.29, 1.82) is 5.26 Å². The van der Waals surface area contributed by atoms with Gasteiger partial charge in [-0.3, -0.25) is 0 Å². The summed E-state index contributed by atoms with van der Waals surface area (Å²) >= 11 is 11.8. The highest BCUT2D eigenvalue weighted by molar-refractivity contribution is 6.32. The van der Waals surface area contributed by atoms with E-state index in [4.69, 9.17) is 33.2 Å². The Balaban J connectivity index is 1.98. The number of benzene rings is 1. The Kier molecular flexibility index (Phi) is 3.81. The fourth-order valence-corrected chi connectivity index (χ4v) is 2.12. The SMILES string of the molecule is N#CCC1(COc2ccc(CCl)cc2Cl)CC1. The second kappa shape index (κ2) is 5.16. The maximum atomic E-state index is 8.72. The van der Waals surface area contributed by atoms with Crippen LogP contribution in [0.25, 0.3) is 0 Å². The van der Waals surface area contributed by atoms with Crippen LogP contribution in [0.1, 0.15) is 24.8 Å². The fraction of sp³-hybridized carbons (Fsp3) is 0.462. The summed E-state index contributed by atoms with van der Waals surface area (Å²) in [5.41, 5.74) is 1.05. The zero-order valence-electron chi connectivity index (χ0n) is 9.38. The van der Waals surface area contributed by atoms with Gasteiger partial charge in [-0.1, -0.05) is 17.7 Å². The van der Waals surface area contributed by atoms with Gasteiger partial charge in [-0.2, -0.15) is 5.26 Å². The molecule has 0 spiro atoms. The summed E-state index contributed by atoms with van der Waals surface area (Å²) in [7, 11) is 0. The van der Waals surface area contributed by atoms with E-state index in [-0.39, 0.29) is 5.41 Å². The van der Waals surface area contributed by atoms with E-state index in [0.717, 1.165) is 18.4 Å². The molecule has 0 atom stereocenters. The minimum atomic E-state index is 0.0727. The Hall–Kier alpha value is -0.910. The van der Waals surface area contributed by atoms with Gasteiger partial charge < -0.3 is 4.74 Å². The van der Waals surface area contributed by atoms with Gasteiger partial charge in [0.15, 0.2) is 0 Å². The smallest absolute Gasteiger partial charge is 0.137 e. The van der Waals surface area contributed by atoms with Crippen molar-refractivity contribution in [3.8, 4) is 11.8 Å². The van der Waals surface area contributed by atoms with E-state index >= 15 is 0 Å². The van der Waals surface area contributed by atoms with Crippen molar-refractivity contribution in [3.63, 3.8) is 0 Å².